The zero-order valence-corrected chi connectivity index (χ0v) is 39.2. The van der Waals surface area contributed by atoms with Crippen LogP contribution in [0.4, 0.5) is 17.6 Å². The minimum absolute atomic E-state index is 0.315. The van der Waals surface area contributed by atoms with Crippen LogP contribution in [0.5, 0.6) is 0 Å². The Kier molecular flexibility index (Phi) is 28.9. The zero-order valence-electron chi connectivity index (χ0n) is 39.2. The normalized spacial score (nSPS) is 38.7. The highest BCUT2D eigenvalue weighted by Crippen LogP contribution is 2.44. The van der Waals surface area contributed by atoms with Gasteiger partial charge < -0.3 is 0 Å². The highest BCUT2D eigenvalue weighted by molar-refractivity contribution is 4.95. The van der Waals surface area contributed by atoms with E-state index in [-0.39, 0.29) is 5.92 Å². The minimum atomic E-state index is -1.15. The van der Waals surface area contributed by atoms with Crippen LogP contribution < -0.4 is 0 Å². The molecule has 9 fully saturated rings. The molecular weight excluding hydrogens is 677 g/mol. The van der Waals surface area contributed by atoms with Crippen LogP contribution in [0.2, 0.25) is 0 Å². The molecule has 0 bridgehead atoms. The summed E-state index contributed by atoms with van der Waals surface area (Å²) in [5, 5.41) is 0. The third kappa shape index (κ3) is 30.8. The molecule has 0 amide bonds. The monoisotopic (exact) mass is 775 g/mol. The lowest BCUT2D eigenvalue weighted by atomic mass is 9.88. The zero-order chi connectivity index (χ0) is 41.7. The molecule has 8 unspecified atom stereocenters. The van der Waals surface area contributed by atoms with Crippen LogP contribution in [-0.4, -0.2) is 24.7 Å². The maximum Gasteiger partial charge on any atom is 0.137 e. The summed E-state index contributed by atoms with van der Waals surface area (Å²) in [6.07, 6.45) is 19.9. The second kappa shape index (κ2) is 29.0. The topological polar surface area (TPSA) is 0 Å². The Morgan fingerprint density at radius 1 is 0.315 bits per heavy atom. The van der Waals surface area contributed by atoms with Gasteiger partial charge in [-0.2, -0.15) is 0 Å². The third-order valence-corrected chi connectivity index (χ3v) is 13.5. The molecule has 9 aliphatic rings. The number of rotatable bonds is 0. The van der Waals surface area contributed by atoms with Crippen molar-refractivity contribution in [3.05, 3.63) is 0 Å². The van der Waals surface area contributed by atoms with Crippen molar-refractivity contribution >= 4 is 0 Å². The van der Waals surface area contributed by atoms with Crippen LogP contribution in [0.1, 0.15) is 214 Å². The fraction of sp³-hybridized carbons (Fsp3) is 1.00. The summed E-state index contributed by atoms with van der Waals surface area (Å²) in [6, 6.07) is 0. The van der Waals surface area contributed by atoms with Crippen LogP contribution in [0.15, 0.2) is 0 Å². The lowest BCUT2D eigenvalue weighted by molar-refractivity contribution is 0.346. The maximum atomic E-state index is 11.9. The Morgan fingerprint density at radius 3 is 0.556 bits per heavy atom. The van der Waals surface area contributed by atoms with E-state index in [9.17, 15) is 17.6 Å². The lowest BCUT2D eigenvalue weighted by Gasteiger charge is -2.18. The summed E-state index contributed by atoms with van der Waals surface area (Å²) in [4.78, 5) is 0. The standard InChI is InChI=1S/C7H14.2C6H12.C5H9F.2C5H10.C4H6F2.C4H7F.C4H8.C4H10/c1-7-5-3-2-4-6-7;1-4-5(2)6(4)3;1-6-4-2-3-5-6;1-3-4(2)5(3)6;1-4-3-5(4)2;1-5-3-2-4-5;1-2-3(5)4(2)6;1-3-2-4(3)5;1-4-2-3-4;1-4(2)3/h7H,2-6H2,1H3;4-6H,1-3H3;6H,2-5H2,1H3;3-5H,1-2H3;4-5H,3H2,1-2H3;5H,2-4H2,1H3;2-4H,1H3;3-4H,2H2,1H3;4H,2-3H2,1H3;4H,1-3H3. The van der Waals surface area contributed by atoms with Crippen LogP contribution in [0.3, 0.4) is 0 Å². The first kappa shape index (κ1) is 53.7. The summed E-state index contributed by atoms with van der Waals surface area (Å²) in [5.74, 6) is 11.0. The van der Waals surface area contributed by atoms with Crippen molar-refractivity contribution in [3.8, 4) is 0 Å². The van der Waals surface area contributed by atoms with E-state index in [0.29, 0.717) is 17.8 Å². The molecule has 0 nitrogen and oxygen atoms in total. The van der Waals surface area contributed by atoms with E-state index in [1.165, 1.54) is 96.3 Å². The SMILES string of the molecule is CC(C)C.CC1C(C)C1C.CC1C(C)C1F.CC1C(F)C1F.CC1CC1.CC1CC1C.CC1CC1F.CC1CCC1.CC1CCCC1.CC1CCCCC1. The van der Waals surface area contributed by atoms with Crippen LogP contribution in [0, 0.1) is 82.9 Å². The van der Waals surface area contributed by atoms with E-state index in [1.54, 1.807) is 6.92 Å². The second-order valence-corrected chi connectivity index (χ2v) is 21.0. The van der Waals surface area contributed by atoms with Gasteiger partial charge in [0.05, 0.1) is 0 Å². The molecule has 326 valence electrons. The molecule has 4 heteroatoms. The van der Waals surface area contributed by atoms with E-state index in [4.69, 9.17) is 0 Å². The first-order chi connectivity index (χ1) is 25.1. The van der Waals surface area contributed by atoms with Gasteiger partial charge in [0.15, 0.2) is 0 Å². The van der Waals surface area contributed by atoms with Gasteiger partial charge in [-0.05, 0) is 89.8 Å². The number of halogens is 4. The highest BCUT2D eigenvalue weighted by Gasteiger charge is 2.48. The summed E-state index contributed by atoms with van der Waals surface area (Å²) in [7, 11) is 0. The van der Waals surface area contributed by atoms with Gasteiger partial charge in [-0.25, -0.2) is 17.6 Å². The third-order valence-electron chi connectivity index (χ3n) is 13.5. The fourth-order valence-electron chi connectivity index (χ4n) is 5.88. The summed E-state index contributed by atoms with van der Waals surface area (Å²) >= 11 is 0. The summed E-state index contributed by atoms with van der Waals surface area (Å²) in [5.41, 5.74) is 0. The summed E-state index contributed by atoms with van der Waals surface area (Å²) in [6.45, 7) is 34.7. The molecule has 0 aromatic carbocycles. The van der Waals surface area contributed by atoms with E-state index >= 15 is 0 Å². The number of hydrogen-bond acceptors (Lipinski definition) is 0. The van der Waals surface area contributed by atoms with Gasteiger partial charge in [0.25, 0.3) is 0 Å². The second-order valence-electron chi connectivity index (χ2n) is 21.0. The molecule has 9 rings (SSSR count). The maximum absolute atomic E-state index is 11.9. The molecule has 0 heterocycles. The van der Waals surface area contributed by atoms with Crippen molar-refractivity contribution in [2.45, 2.75) is 238 Å². The first-order valence-electron chi connectivity index (χ1n) is 23.7. The van der Waals surface area contributed by atoms with Crippen molar-refractivity contribution in [2.75, 3.05) is 0 Å². The molecule has 0 N–H and O–H groups in total. The molecule has 9 saturated carbocycles. The average molecular weight is 775 g/mol. The Balaban J connectivity index is 0.000000580. The Morgan fingerprint density at radius 2 is 0.519 bits per heavy atom. The van der Waals surface area contributed by atoms with E-state index in [2.05, 4.69) is 83.1 Å². The molecule has 0 spiro atoms. The van der Waals surface area contributed by atoms with E-state index in [0.717, 1.165) is 65.6 Å². The lowest BCUT2D eigenvalue weighted by Crippen LogP contribution is -2.04. The van der Waals surface area contributed by atoms with Crippen LogP contribution in [-0.2, 0) is 0 Å². The van der Waals surface area contributed by atoms with Crippen molar-refractivity contribution in [3.63, 3.8) is 0 Å². The van der Waals surface area contributed by atoms with Crippen LogP contribution >= 0.6 is 0 Å². The summed E-state index contributed by atoms with van der Waals surface area (Å²) < 4.78 is 46.4. The van der Waals surface area contributed by atoms with Crippen LogP contribution in [0.25, 0.3) is 0 Å². The fourth-order valence-corrected chi connectivity index (χ4v) is 5.88. The van der Waals surface area contributed by atoms with Gasteiger partial charge >= 0.3 is 0 Å². The molecule has 0 aromatic heterocycles. The quantitative estimate of drug-likeness (QED) is 0.215. The highest BCUT2D eigenvalue weighted by atomic mass is 19.2. The number of hydrogen-bond donors (Lipinski definition) is 0. The average Bonchev–Trinajstić information content (AvgIpc) is 4.06. The van der Waals surface area contributed by atoms with Gasteiger partial charge in [0.2, 0.25) is 0 Å². The van der Waals surface area contributed by atoms with Gasteiger partial charge in [-0.1, -0.05) is 201 Å². The molecule has 8 atom stereocenters. The van der Waals surface area contributed by atoms with Crippen molar-refractivity contribution in [1.82, 2.24) is 0 Å². The van der Waals surface area contributed by atoms with Crippen molar-refractivity contribution < 1.29 is 17.6 Å². The smallest absolute Gasteiger partial charge is 0.137 e. The molecule has 0 aromatic rings. The number of alkyl halides is 4. The molecule has 9 aliphatic carbocycles. The molecular formula is C50H98F4. The molecule has 54 heavy (non-hydrogen) atoms. The Hall–Kier alpha value is -0.280. The van der Waals surface area contributed by atoms with Gasteiger partial charge in [-0.15, -0.1) is 0 Å². The van der Waals surface area contributed by atoms with Crippen molar-refractivity contribution in [2.24, 2.45) is 82.9 Å². The predicted octanol–water partition coefficient (Wildman–Crippen LogP) is 17.5. The molecule has 0 aliphatic heterocycles. The van der Waals surface area contributed by atoms with Crippen molar-refractivity contribution in [1.29, 1.82) is 0 Å². The van der Waals surface area contributed by atoms with E-state index in [1.807, 2.05) is 20.8 Å². The minimum Gasteiger partial charge on any atom is -0.247 e. The largest absolute Gasteiger partial charge is 0.247 e. The Bertz CT molecular complexity index is 719. The first-order valence-corrected chi connectivity index (χ1v) is 23.7. The van der Waals surface area contributed by atoms with Gasteiger partial charge in [0.1, 0.15) is 24.7 Å². The van der Waals surface area contributed by atoms with E-state index < -0.39 is 24.7 Å². The van der Waals surface area contributed by atoms with Gasteiger partial charge in [-0.3, -0.25) is 0 Å². The molecule has 0 radical (unpaired) electrons. The molecule has 0 saturated heterocycles. The predicted molar refractivity (Wildman–Crippen MR) is 233 cm³/mol. The Labute approximate surface area is 337 Å². The van der Waals surface area contributed by atoms with Gasteiger partial charge in [0, 0.05) is 5.92 Å².